The van der Waals surface area contributed by atoms with E-state index in [4.69, 9.17) is 16.3 Å². The van der Waals surface area contributed by atoms with Crippen LogP contribution in [-0.2, 0) is 0 Å². The van der Waals surface area contributed by atoms with Gasteiger partial charge in [-0.3, -0.25) is 10.1 Å². The molecule has 0 saturated heterocycles. The van der Waals surface area contributed by atoms with Crippen molar-refractivity contribution >= 4 is 29.2 Å². The SMILES string of the molecule is COc1ccccc1C(=O)Nc1nc2nc(C)c(Cl)c(C)n2n1. The Morgan fingerprint density at radius 1 is 1.26 bits per heavy atom. The lowest BCUT2D eigenvalue weighted by Gasteiger charge is -2.06. The van der Waals surface area contributed by atoms with Gasteiger partial charge >= 0.3 is 0 Å². The molecule has 0 aliphatic heterocycles. The molecule has 3 rings (SSSR count). The predicted molar refractivity (Wildman–Crippen MR) is 86.2 cm³/mol. The largest absolute Gasteiger partial charge is 0.496 e. The van der Waals surface area contributed by atoms with Crippen molar-refractivity contribution in [2.24, 2.45) is 0 Å². The zero-order chi connectivity index (χ0) is 16.6. The Balaban J connectivity index is 1.96. The average molecular weight is 332 g/mol. The van der Waals surface area contributed by atoms with Gasteiger partial charge in [-0.15, -0.1) is 5.10 Å². The van der Waals surface area contributed by atoms with Gasteiger partial charge in [0.15, 0.2) is 0 Å². The van der Waals surface area contributed by atoms with Crippen LogP contribution < -0.4 is 10.1 Å². The molecule has 2 heterocycles. The lowest BCUT2D eigenvalue weighted by atomic mass is 10.2. The van der Waals surface area contributed by atoms with Crippen molar-refractivity contribution in [2.75, 3.05) is 12.4 Å². The van der Waals surface area contributed by atoms with Crippen LogP contribution >= 0.6 is 11.6 Å². The molecule has 1 N–H and O–H groups in total. The van der Waals surface area contributed by atoms with Crippen molar-refractivity contribution in [1.82, 2.24) is 19.6 Å². The van der Waals surface area contributed by atoms with Crippen LogP contribution in [0.4, 0.5) is 5.95 Å². The number of nitrogens with one attached hydrogen (secondary N) is 1. The van der Waals surface area contributed by atoms with E-state index in [0.717, 1.165) is 0 Å². The number of aromatic nitrogens is 4. The lowest BCUT2D eigenvalue weighted by Crippen LogP contribution is -2.14. The zero-order valence-electron chi connectivity index (χ0n) is 12.8. The van der Waals surface area contributed by atoms with Crippen molar-refractivity contribution in [3.8, 4) is 5.75 Å². The second kappa shape index (κ2) is 5.85. The summed E-state index contributed by atoms with van der Waals surface area (Å²) in [7, 11) is 1.51. The van der Waals surface area contributed by atoms with Crippen LogP contribution in [0.3, 0.4) is 0 Å². The van der Waals surface area contributed by atoms with Gasteiger partial charge in [0.05, 0.1) is 29.1 Å². The molecule has 7 nitrogen and oxygen atoms in total. The average Bonchev–Trinajstić information content (AvgIpc) is 2.95. The molecule has 0 atom stereocenters. The summed E-state index contributed by atoms with van der Waals surface area (Å²) in [5.41, 5.74) is 1.76. The second-order valence-corrected chi connectivity index (χ2v) is 5.28. The van der Waals surface area contributed by atoms with Crippen LogP contribution in [-0.4, -0.2) is 32.6 Å². The molecule has 118 valence electrons. The number of ether oxygens (including phenoxy) is 1. The monoisotopic (exact) mass is 331 g/mol. The molecule has 0 aliphatic rings. The van der Waals surface area contributed by atoms with E-state index in [0.29, 0.717) is 33.5 Å². The number of benzene rings is 1. The Labute approximate surface area is 137 Å². The fourth-order valence-electron chi connectivity index (χ4n) is 2.21. The number of carbonyl (C=O) groups is 1. The van der Waals surface area contributed by atoms with Crippen molar-refractivity contribution in [3.05, 3.63) is 46.2 Å². The normalized spacial score (nSPS) is 10.8. The molecule has 0 radical (unpaired) electrons. The molecule has 0 bridgehead atoms. The van der Waals surface area contributed by atoms with Gasteiger partial charge < -0.3 is 4.74 Å². The first-order valence-electron chi connectivity index (χ1n) is 6.85. The zero-order valence-corrected chi connectivity index (χ0v) is 13.5. The van der Waals surface area contributed by atoms with Gasteiger partial charge in [0.25, 0.3) is 17.6 Å². The van der Waals surface area contributed by atoms with Crippen LogP contribution in [0, 0.1) is 13.8 Å². The van der Waals surface area contributed by atoms with E-state index < -0.39 is 0 Å². The minimum Gasteiger partial charge on any atom is -0.496 e. The van der Waals surface area contributed by atoms with Crippen LogP contribution in [0.2, 0.25) is 5.02 Å². The summed E-state index contributed by atoms with van der Waals surface area (Å²) < 4.78 is 6.67. The van der Waals surface area contributed by atoms with E-state index in [9.17, 15) is 4.79 Å². The molecule has 0 aliphatic carbocycles. The summed E-state index contributed by atoms with van der Waals surface area (Å²) in [6, 6.07) is 6.91. The minimum atomic E-state index is -0.362. The molecule has 0 unspecified atom stereocenters. The van der Waals surface area contributed by atoms with Gasteiger partial charge in [0, 0.05) is 0 Å². The first-order chi connectivity index (χ1) is 11.0. The first-order valence-corrected chi connectivity index (χ1v) is 7.23. The predicted octanol–water partition coefficient (Wildman–Crippen LogP) is 2.66. The summed E-state index contributed by atoms with van der Waals surface area (Å²) >= 11 is 6.15. The number of fused-ring (bicyclic) bond motifs is 1. The van der Waals surface area contributed by atoms with Crippen molar-refractivity contribution in [2.45, 2.75) is 13.8 Å². The Morgan fingerprint density at radius 3 is 2.74 bits per heavy atom. The summed E-state index contributed by atoms with van der Waals surface area (Å²) in [5.74, 6) is 0.638. The maximum atomic E-state index is 12.4. The molecule has 0 saturated carbocycles. The van der Waals surface area contributed by atoms with E-state index in [1.54, 1.807) is 31.2 Å². The molecule has 0 fully saturated rings. The lowest BCUT2D eigenvalue weighted by molar-refractivity contribution is 0.102. The molecule has 8 heteroatoms. The van der Waals surface area contributed by atoms with Crippen LogP contribution in [0.25, 0.3) is 5.78 Å². The highest BCUT2D eigenvalue weighted by atomic mass is 35.5. The van der Waals surface area contributed by atoms with Crippen molar-refractivity contribution in [1.29, 1.82) is 0 Å². The van der Waals surface area contributed by atoms with Crippen molar-refractivity contribution in [3.63, 3.8) is 0 Å². The molecule has 1 amide bonds. The number of methoxy groups -OCH3 is 1. The molecule has 1 aromatic carbocycles. The number of aryl methyl sites for hydroxylation is 2. The van der Waals surface area contributed by atoms with Gasteiger partial charge in [-0.2, -0.15) is 9.50 Å². The van der Waals surface area contributed by atoms with Gasteiger partial charge in [-0.05, 0) is 26.0 Å². The van der Waals surface area contributed by atoms with Gasteiger partial charge in [0.2, 0.25) is 0 Å². The van der Waals surface area contributed by atoms with Crippen molar-refractivity contribution < 1.29 is 9.53 Å². The molecule has 2 aromatic heterocycles. The van der Waals surface area contributed by atoms with Gasteiger partial charge in [0.1, 0.15) is 5.75 Å². The summed E-state index contributed by atoms with van der Waals surface area (Å²) in [5, 5.41) is 7.38. The van der Waals surface area contributed by atoms with E-state index in [1.165, 1.54) is 11.6 Å². The van der Waals surface area contributed by atoms with E-state index >= 15 is 0 Å². The third kappa shape index (κ3) is 2.70. The molecular formula is C15H14ClN5O2. The van der Waals surface area contributed by atoms with Gasteiger partial charge in [-0.1, -0.05) is 23.7 Å². The number of carbonyl (C=O) groups excluding carboxylic acids is 1. The topological polar surface area (TPSA) is 81.4 Å². The number of anilines is 1. The maximum absolute atomic E-state index is 12.4. The summed E-state index contributed by atoms with van der Waals surface area (Å²) in [6.07, 6.45) is 0. The third-order valence-electron chi connectivity index (χ3n) is 3.39. The van der Waals surface area contributed by atoms with Crippen LogP contribution in [0.5, 0.6) is 5.75 Å². The first kappa shape index (κ1) is 15.2. The number of para-hydroxylation sites is 1. The Bertz CT molecular complexity index is 906. The number of hydrogen-bond acceptors (Lipinski definition) is 5. The Hall–Kier alpha value is -2.67. The standard InChI is InChI=1S/C15H14ClN5O2/c1-8-12(16)9(2)21-15(17-8)19-14(20-21)18-13(22)10-6-4-5-7-11(10)23-3/h4-7H,1-3H3,(H,18,20,22). The highest BCUT2D eigenvalue weighted by molar-refractivity contribution is 6.31. The molecule has 3 aromatic rings. The fraction of sp³-hybridized carbons (Fsp3) is 0.200. The Kier molecular flexibility index (Phi) is 3.87. The van der Waals surface area contributed by atoms with E-state index in [-0.39, 0.29) is 11.9 Å². The number of hydrogen-bond donors (Lipinski definition) is 1. The highest BCUT2D eigenvalue weighted by Crippen LogP contribution is 2.21. The van der Waals surface area contributed by atoms with E-state index in [1.807, 2.05) is 6.92 Å². The number of nitrogens with zero attached hydrogens (tertiary/aromatic N) is 4. The van der Waals surface area contributed by atoms with Crippen LogP contribution in [0.1, 0.15) is 21.7 Å². The summed E-state index contributed by atoms with van der Waals surface area (Å²) in [6.45, 7) is 3.60. The number of amides is 1. The third-order valence-corrected chi connectivity index (χ3v) is 3.93. The van der Waals surface area contributed by atoms with E-state index in [2.05, 4.69) is 20.4 Å². The highest BCUT2D eigenvalue weighted by Gasteiger charge is 2.16. The number of halogens is 1. The minimum absolute atomic E-state index is 0.151. The van der Waals surface area contributed by atoms with Crippen LogP contribution in [0.15, 0.2) is 24.3 Å². The maximum Gasteiger partial charge on any atom is 0.261 e. The smallest absolute Gasteiger partial charge is 0.261 e. The molecule has 0 spiro atoms. The number of rotatable bonds is 3. The quantitative estimate of drug-likeness (QED) is 0.798. The van der Waals surface area contributed by atoms with Gasteiger partial charge in [-0.25, -0.2) is 4.98 Å². The fourth-order valence-corrected chi connectivity index (χ4v) is 2.33. The Morgan fingerprint density at radius 2 is 2.00 bits per heavy atom. The summed E-state index contributed by atoms with van der Waals surface area (Å²) in [4.78, 5) is 20.8. The second-order valence-electron chi connectivity index (χ2n) is 4.90. The molecule has 23 heavy (non-hydrogen) atoms. The molecular weight excluding hydrogens is 318 g/mol.